The Morgan fingerprint density at radius 1 is 0.625 bits per heavy atom. The van der Waals surface area contributed by atoms with Crippen LogP contribution in [0.1, 0.15) is 44.9 Å². The quantitative estimate of drug-likeness (QED) is 0.120. The number of aliphatic hydroxyl groups excluding tert-OH is 7. The van der Waals surface area contributed by atoms with Crippen LogP contribution < -0.4 is 0 Å². The molecule has 32 heavy (non-hydrogen) atoms. The molecule has 2 fully saturated rings. The van der Waals surface area contributed by atoms with Crippen molar-refractivity contribution in [3.8, 4) is 0 Å². The van der Waals surface area contributed by atoms with Crippen molar-refractivity contribution in [1.29, 1.82) is 0 Å². The highest BCUT2D eigenvalue weighted by Crippen LogP contribution is 2.29. The summed E-state index contributed by atoms with van der Waals surface area (Å²) in [5.74, 6) is 0. The fraction of sp³-hybridized carbons (Fsp3) is 0.952. The van der Waals surface area contributed by atoms with Gasteiger partial charge in [-0.2, -0.15) is 6.42 Å². The van der Waals surface area contributed by atoms with Gasteiger partial charge in [0.05, 0.1) is 13.2 Å². The van der Waals surface area contributed by atoms with Gasteiger partial charge >= 0.3 is 0 Å². The highest BCUT2D eigenvalue weighted by Gasteiger charge is 2.50. The van der Waals surface area contributed by atoms with Gasteiger partial charge in [0.15, 0.2) is 12.6 Å². The lowest BCUT2D eigenvalue weighted by atomic mass is 9.97. The van der Waals surface area contributed by atoms with Crippen LogP contribution in [0.25, 0.3) is 0 Å². The zero-order valence-electron chi connectivity index (χ0n) is 18.3. The number of unbranched alkanes of at least 4 members (excludes halogenated alkanes) is 6. The largest absolute Gasteiger partial charge is 0.394 e. The number of ether oxygens (including phenoxy) is 4. The Morgan fingerprint density at radius 3 is 1.81 bits per heavy atom. The van der Waals surface area contributed by atoms with E-state index in [9.17, 15) is 35.7 Å². The molecule has 0 amide bonds. The summed E-state index contributed by atoms with van der Waals surface area (Å²) in [6, 6.07) is 0. The molecule has 0 radical (unpaired) electrons. The topological polar surface area (TPSA) is 179 Å². The highest BCUT2D eigenvalue weighted by atomic mass is 16.7. The summed E-state index contributed by atoms with van der Waals surface area (Å²) in [6.07, 6.45) is -7.25. The van der Waals surface area contributed by atoms with Gasteiger partial charge in [-0.15, -0.1) is 0 Å². The Balaban J connectivity index is 1.86. The van der Waals surface area contributed by atoms with Gasteiger partial charge in [0.1, 0.15) is 48.8 Å². The summed E-state index contributed by atoms with van der Waals surface area (Å²) in [4.78, 5) is 0. The molecule has 0 aromatic heterocycles. The molecule has 0 unspecified atom stereocenters. The Bertz CT molecular complexity index is 506. The van der Waals surface area contributed by atoms with Crippen LogP contribution in [0.15, 0.2) is 0 Å². The Morgan fingerprint density at radius 2 is 1.19 bits per heavy atom. The average molecular weight is 468 g/mol. The molecule has 0 aromatic carbocycles. The second kappa shape index (κ2) is 14.1. The zero-order valence-corrected chi connectivity index (χ0v) is 18.3. The van der Waals surface area contributed by atoms with E-state index in [4.69, 9.17) is 18.9 Å². The maximum Gasteiger partial charge on any atom is 0.187 e. The van der Waals surface area contributed by atoms with Crippen molar-refractivity contribution in [1.82, 2.24) is 0 Å². The molecule has 2 aliphatic rings. The second-order valence-corrected chi connectivity index (χ2v) is 8.35. The summed E-state index contributed by atoms with van der Waals surface area (Å²) in [6.45, 7) is 2.88. The first-order valence-electron chi connectivity index (χ1n) is 11.3. The van der Waals surface area contributed by atoms with Gasteiger partial charge in [0, 0.05) is 6.61 Å². The van der Waals surface area contributed by atoms with E-state index < -0.39 is 74.6 Å². The Kier molecular flexibility index (Phi) is 12.2. The minimum Gasteiger partial charge on any atom is -0.394 e. The molecule has 11 heteroatoms. The molecule has 7 N–H and O–H groups in total. The molecule has 10 atom stereocenters. The van der Waals surface area contributed by atoms with E-state index in [1.165, 1.54) is 0 Å². The van der Waals surface area contributed by atoms with Crippen LogP contribution in [-0.4, -0.2) is 117 Å². The van der Waals surface area contributed by atoms with Crippen molar-refractivity contribution in [2.24, 2.45) is 0 Å². The van der Waals surface area contributed by atoms with Crippen molar-refractivity contribution in [3.05, 3.63) is 6.92 Å². The molecule has 2 heterocycles. The van der Waals surface area contributed by atoms with Gasteiger partial charge in [-0.25, -0.2) is 0 Å². The lowest BCUT2D eigenvalue weighted by Crippen LogP contribution is -2.64. The van der Waals surface area contributed by atoms with Crippen LogP contribution in [0.5, 0.6) is 0 Å². The summed E-state index contributed by atoms with van der Waals surface area (Å²) in [5.41, 5.74) is 0. The van der Waals surface area contributed by atoms with E-state index in [1.54, 1.807) is 0 Å². The third-order valence-corrected chi connectivity index (χ3v) is 5.89. The molecule has 11 nitrogen and oxygen atoms in total. The molecule has 0 aromatic rings. The molecule has 0 saturated carbocycles. The van der Waals surface area contributed by atoms with Gasteiger partial charge in [-0.3, -0.25) is 0 Å². The van der Waals surface area contributed by atoms with Crippen LogP contribution >= 0.6 is 0 Å². The smallest absolute Gasteiger partial charge is 0.187 e. The average Bonchev–Trinajstić information content (AvgIpc) is 2.79. The summed E-state index contributed by atoms with van der Waals surface area (Å²) < 4.78 is 21.9. The lowest BCUT2D eigenvalue weighted by molar-refractivity contribution is -0.359. The normalized spacial score (nSPS) is 40.5. The second-order valence-electron chi connectivity index (χ2n) is 8.35. The van der Waals surface area contributed by atoms with Gasteiger partial charge in [0.25, 0.3) is 0 Å². The standard InChI is InChI=1S/C21H39O11/c1-2-3-4-5-6-7-8-9-29-20-18(28)16(26)19(13(11-23)31-20)32-21-17(27)15(25)14(24)12(10-22)30-21/h12-28H,1-11H2/q-1/t12-,13-,14-,15+,16-,17-,18-,19-,20-,21-/m1/s1. The van der Waals surface area contributed by atoms with Gasteiger partial charge in [-0.1, -0.05) is 32.1 Å². The maximum absolute atomic E-state index is 10.5. The molecule has 0 aliphatic carbocycles. The van der Waals surface area contributed by atoms with Crippen LogP contribution in [-0.2, 0) is 18.9 Å². The highest BCUT2D eigenvalue weighted by molar-refractivity contribution is 4.94. The summed E-state index contributed by atoms with van der Waals surface area (Å²) in [5, 5.41) is 69.8. The van der Waals surface area contributed by atoms with E-state index in [0.717, 1.165) is 44.9 Å². The first kappa shape index (κ1) is 27.8. The molecule has 2 saturated heterocycles. The van der Waals surface area contributed by atoms with Crippen molar-refractivity contribution in [3.63, 3.8) is 0 Å². The monoisotopic (exact) mass is 467 g/mol. The Hall–Kier alpha value is -0.440. The lowest BCUT2D eigenvalue weighted by Gasteiger charge is -2.45. The molecule has 2 rings (SSSR count). The summed E-state index contributed by atoms with van der Waals surface area (Å²) >= 11 is 0. The van der Waals surface area contributed by atoms with Crippen molar-refractivity contribution >= 4 is 0 Å². The van der Waals surface area contributed by atoms with E-state index in [0.29, 0.717) is 6.61 Å². The molecule has 0 spiro atoms. The van der Waals surface area contributed by atoms with Crippen LogP contribution in [0.4, 0.5) is 0 Å². The molecular weight excluding hydrogens is 428 g/mol. The number of hydrogen-bond acceptors (Lipinski definition) is 11. The van der Waals surface area contributed by atoms with Crippen molar-refractivity contribution < 1.29 is 54.7 Å². The van der Waals surface area contributed by atoms with Crippen molar-refractivity contribution in [2.45, 2.75) is 106 Å². The number of aliphatic hydroxyl groups is 7. The van der Waals surface area contributed by atoms with E-state index in [2.05, 4.69) is 6.92 Å². The van der Waals surface area contributed by atoms with Crippen molar-refractivity contribution in [2.75, 3.05) is 19.8 Å². The molecule has 0 bridgehead atoms. The third kappa shape index (κ3) is 7.28. The first-order valence-corrected chi connectivity index (χ1v) is 11.3. The van der Waals surface area contributed by atoms with E-state index in [1.807, 2.05) is 0 Å². The van der Waals surface area contributed by atoms with Gasteiger partial charge < -0.3 is 61.6 Å². The predicted octanol–water partition coefficient (Wildman–Crippen LogP) is -1.81. The van der Waals surface area contributed by atoms with Crippen LogP contribution in [0.3, 0.4) is 0 Å². The van der Waals surface area contributed by atoms with Gasteiger partial charge in [0.2, 0.25) is 0 Å². The van der Waals surface area contributed by atoms with Gasteiger partial charge in [-0.05, 0) is 6.42 Å². The zero-order chi connectivity index (χ0) is 23.7. The SMILES string of the molecule is [CH2-]CCCCCCCCO[C@@H]1O[C@H](CO)[C@@H](O[C@H]2O[C@H](CO)[C@@H](O)[C@H](O)[C@H]2O)[C@H](O)[C@H]1O. The predicted molar refractivity (Wildman–Crippen MR) is 110 cm³/mol. The number of hydrogen-bond donors (Lipinski definition) is 7. The summed E-state index contributed by atoms with van der Waals surface area (Å²) in [7, 11) is 0. The maximum atomic E-state index is 10.5. The number of rotatable bonds is 13. The van der Waals surface area contributed by atoms with E-state index >= 15 is 0 Å². The third-order valence-electron chi connectivity index (χ3n) is 5.89. The fourth-order valence-corrected chi connectivity index (χ4v) is 3.88. The first-order chi connectivity index (χ1) is 15.3. The Labute approximate surface area is 188 Å². The van der Waals surface area contributed by atoms with E-state index in [-0.39, 0.29) is 0 Å². The molecule has 2 aliphatic heterocycles. The minimum atomic E-state index is -1.70. The minimum absolute atomic E-state index is 0.306. The molecule has 190 valence electrons. The fourth-order valence-electron chi connectivity index (χ4n) is 3.88. The van der Waals surface area contributed by atoms with Crippen LogP contribution in [0.2, 0.25) is 0 Å². The van der Waals surface area contributed by atoms with Crippen LogP contribution in [0, 0.1) is 6.92 Å². The molecular formula is C21H39O11-.